The first-order chi connectivity index (χ1) is 10.1. The molecule has 21 heavy (non-hydrogen) atoms. The van der Waals surface area contributed by atoms with Crippen LogP contribution in [-0.4, -0.2) is 23.1 Å². The number of hydrogen-bond acceptors (Lipinski definition) is 4. The largest absolute Gasteiger partial charge is 0.355 e. The van der Waals surface area contributed by atoms with Gasteiger partial charge in [-0.3, -0.25) is 0 Å². The third kappa shape index (κ3) is 3.93. The van der Waals surface area contributed by atoms with Crippen molar-refractivity contribution < 1.29 is 0 Å². The summed E-state index contributed by atoms with van der Waals surface area (Å²) in [5, 5.41) is 9.38. The molecule has 0 aliphatic carbocycles. The SMILES string of the molecule is CCN(CC(C)C#N)c1cc(Cl)nc(-c2ccccc2)n1. The number of nitrogens with zero attached hydrogens (tertiary/aromatic N) is 4. The van der Waals surface area contributed by atoms with Gasteiger partial charge in [-0.25, -0.2) is 9.97 Å². The van der Waals surface area contributed by atoms with E-state index in [0.717, 1.165) is 17.9 Å². The lowest BCUT2D eigenvalue weighted by Crippen LogP contribution is -2.28. The minimum absolute atomic E-state index is 0.0705. The van der Waals surface area contributed by atoms with Gasteiger partial charge in [-0.05, 0) is 13.8 Å². The van der Waals surface area contributed by atoms with Crippen molar-refractivity contribution in [2.75, 3.05) is 18.0 Å². The molecule has 0 bridgehead atoms. The van der Waals surface area contributed by atoms with Gasteiger partial charge in [0.25, 0.3) is 0 Å². The predicted molar refractivity (Wildman–Crippen MR) is 85.1 cm³/mol. The van der Waals surface area contributed by atoms with Crippen LogP contribution in [0.3, 0.4) is 0 Å². The second-order valence-corrected chi connectivity index (χ2v) is 5.19. The summed E-state index contributed by atoms with van der Waals surface area (Å²) in [7, 11) is 0. The Kier molecular flexibility index (Phi) is 5.13. The maximum atomic E-state index is 8.98. The Bertz CT molecular complexity index is 636. The zero-order valence-electron chi connectivity index (χ0n) is 12.1. The fraction of sp³-hybridized carbons (Fsp3) is 0.312. The molecular weight excluding hydrogens is 284 g/mol. The second-order valence-electron chi connectivity index (χ2n) is 4.81. The fourth-order valence-corrected chi connectivity index (χ4v) is 2.22. The molecule has 0 N–H and O–H groups in total. The van der Waals surface area contributed by atoms with Crippen LogP contribution in [0, 0.1) is 17.2 Å². The molecule has 5 heteroatoms. The predicted octanol–water partition coefficient (Wildman–Crippen LogP) is 3.78. The van der Waals surface area contributed by atoms with Gasteiger partial charge in [-0.15, -0.1) is 0 Å². The summed E-state index contributed by atoms with van der Waals surface area (Å²) in [6, 6.07) is 13.7. The monoisotopic (exact) mass is 300 g/mol. The number of rotatable bonds is 5. The number of anilines is 1. The molecule has 0 aliphatic rings. The van der Waals surface area contributed by atoms with Crippen molar-refractivity contribution in [2.24, 2.45) is 5.92 Å². The molecule has 2 rings (SSSR count). The van der Waals surface area contributed by atoms with E-state index in [1.165, 1.54) is 0 Å². The first-order valence-electron chi connectivity index (χ1n) is 6.88. The van der Waals surface area contributed by atoms with Crippen molar-refractivity contribution in [3.8, 4) is 17.5 Å². The zero-order valence-corrected chi connectivity index (χ0v) is 12.9. The number of aromatic nitrogens is 2. The average Bonchev–Trinajstić information content (AvgIpc) is 2.52. The van der Waals surface area contributed by atoms with Crippen molar-refractivity contribution in [3.63, 3.8) is 0 Å². The summed E-state index contributed by atoms with van der Waals surface area (Å²) < 4.78 is 0. The van der Waals surface area contributed by atoms with E-state index in [9.17, 15) is 0 Å². The first-order valence-corrected chi connectivity index (χ1v) is 7.26. The highest BCUT2D eigenvalue weighted by atomic mass is 35.5. The molecule has 0 spiro atoms. The Morgan fingerprint density at radius 2 is 2.00 bits per heavy atom. The van der Waals surface area contributed by atoms with E-state index in [1.54, 1.807) is 6.07 Å². The van der Waals surface area contributed by atoms with Crippen molar-refractivity contribution in [2.45, 2.75) is 13.8 Å². The fourth-order valence-electron chi connectivity index (χ4n) is 2.04. The highest BCUT2D eigenvalue weighted by Gasteiger charge is 2.13. The molecule has 0 saturated heterocycles. The molecule has 0 aliphatic heterocycles. The van der Waals surface area contributed by atoms with Crippen LogP contribution < -0.4 is 4.90 Å². The molecule has 0 amide bonds. The Hall–Kier alpha value is -2.12. The highest BCUT2D eigenvalue weighted by molar-refractivity contribution is 6.29. The topological polar surface area (TPSA) is 52.8 Å². The lowest BCUT2D eigenvalue weighted by atomic mass is 10.2. The van der Waals surface area contributed by atoms with E-state index in [1.807, 2.05) is 49.1 Å². The summed E-state index contributed by atoms with van der Waals surface area (Å²) >= 11 is 6.13. The third-order valence-electron chi connectivity index (χ3n) is 3.13. The smallest absolute Gasteiger partial charge is 0.163 e. The van der Waals surface area contributed by atoms with Crippen LogP contribution in [0.25, 0.3) is 11.4 Å². The number of hydrogen-bond donors (Lipinski definition) is 0. The molecule has 1 aromatic carbocycles. The van der Waals surface area contributed by atoms with Crippen LogP contribution in [0.4, 0.5) is 5.82 Å². The third-order valence-corrected chi connectivity index (χ3v) is 3.33. The van der Waals surface area contributed by atoms with Crippen LogP contribution in [0.5, 0.6) is 0 Å². The maximum absolute atomic E-state index is 8.98. The Morgan fingerprint density at radius 1 is 1.29 bits per heavy atom. The number of halogens is 1. The summed E-state index contributed by atoms with van der Waals surface area (Å²) in [6.45, 7) is 5.30. The summed E-state index contributed by atoms with van der Waals surface area (Å²) in [5.74, 6) is 1.28. The van der Waals surface area contributed by atoms with Gasteiger partial charge in [0.15, 0.2) is 5.82 Å². The molecule has 108 valence electrons. The first kappa shape index (κ1) is 15.3. The van der Waals surface area contributed by atoms with Gasteiger partial charge in [-0.2, -0.15) is 5.26 Å². The van der Waals surface area contributed by atoms with E-state index in [0.29, 0.717) is 17.5 Å². The summed E-state index contributed by atoms with van der Waals surface area (Å²) in [5.41, 5.74) is 0.922. The van der Waals surface area contributed by atoms with Gasteiger partial charge < -0.3 is 4.90 Å². The Balaban J connectivity index is 2.36. The molecule has 0 fully saturated rings. The normalized spacial score (nSPS) is 11.7. The van der Waals surface area contributed by atoms with E-state index < -0.39 is 0 Å². The van der Waals surface area contributed by atoms with Gasteiger partial charge in [0, 0.05) is 24.7 Å². The molecule has 4 nitrogen and oxygen atoms in total. The van der Waals surface area contributed by atoms with Gasteiger partial charge >= 0.3 is 0 Å². The molecule has 1 heterocycles. The van der Waals surface area contributed by atoms with Crippen LogP contribution in [-0.2, 0) is 0 Å². The average molecular weight is 301 g/mol. The Morgan fingerprint density at radius 3 is 2.62 bits per heavy atom. The summed E-state index contributed by atoms with van der Waals surface area (Å²) in [4.78, 5) is 10.9. The quantitative estimate of drug-likeness (QED) is 0.789. The van der Waals surface area contributed by atoms with Crippen molar-refractivity contribution in [1.82, 2.24) is 9.97 Å². The van der Waals surface area contributed by atoms with Crippen molar-refractivity contribution in [3.05, 3.63) is 41.6 Å². The summed E-state index contributed by atoms with van der Waals surface area (Å²) in [6.07, 6.45) is 0. The number of nitriles is 1. The van der Waals surface area contributed by atoms with Gasteiger partial charge in [0.05, 0.1) is 12.0 Å². The molecule has 1 unspecified atom stereocenters. The molecule has 0 radical (unpaired) electrons. The van der Waals surface area contributed by atoms with Crippen LogP contribution in [0.1, 0.15) is 13.8 Å². The lowest BCUT2D eigenvalue weighted by Gasteiger charge is -2.23. The van der Waals surface area contributed by atoms with Crippen LogP contribution >= 0.6 is 11.6 Å². The van der Waals surface area contributed by atoms with E-state index in [2.05, 4.69) is 16.0 Å². The Labute approximate surface area is 130 Å². The van der Waals surface area contributed by atoms with Gasteiger partial charge in [-0.1, -0.05) is 41.9 Å². The van der Waals surface area contributed by atoms with Crippen LogP contribution in [0.2, 0.25) is 5.15 Å². The number of benzene rings is 1. The standard InChI is InChI=1S/C16H17ClN4/c1-3-21(11-12(2)10-18)15-9-14(17)19-16(20-15)13-7-5-4-6-8-13/h4-9,12H,3,11H2,1-2H3. The van der Waals surface area contributed by atoms with E-state index in [4.69, 9.17) is 16.9 Å². The van der Waals surface area contributed by atoms with E-state index >= 15 is 0 Å². The minimum Gasteiger partial charge on any atom is -0.355 e. The van der Waals surface area contributed by atoms with E-state index in [-0.39, 0.29) is 5.92 Å². The minimum atomic E-state index is -0.0705. The van der Waals surface area contributed by atoms with Crippen molar-refractivity contribution >= 4 is 17.4 Å². The maximum Gasteiger partial charge on any atom is 0.163 e. The molecule has 2 aromatic rings. The lowest BCUT2D eigenvalue weighted by molar-refractivity contribution is 0.679. The molecular formula is C16H17ClN4. The highest BCUT2D eigenvalue weighted by Crippen LogP contribution is 2.22. The molecule has 1 atom stereocenters. The van der Waals surface area contributed by atoms with Gasteiger partial charge in [0.1, 0.15) is 11.0 Å². The zero-order chi connectivity index (χ0) is 15.2. The van der Waals surface area contributed by atoms with Crippen molar-refractivity contribution in [1.29, 1.82) is 5.26 Å². The molecule has 1 aromatic heterocycles. The second kappa shape index (κ2) is 7.05. The molecule has 0 saturated carbocycles. The van der Waals surface area contributed by atoms with Crippen LogP contribution in [0.15, 0.2) is 36.4 Å². The van der Waals surface area contributed by atoms with Gasteiger partial charge in [0.2, 0.25) is 0 Å².